The lowest BCUT2D eigenvalue weighted by atomic mass is 9.48. The van der Waals surface area contributed by atoms with Crippen LogP contribution in [0, 0.1) is 17.8 Å². The van der Waals surface area contributed by atoms with Crippen molar-refractivity contribution in [1.82, 2.24) is 0 Å². The summed E-state index contributed by atoms with van der Waals surface area (Å²) < 4.78 is 6.51. The molecule has 0 unspecified atom stereocenters. The molecule has 36 heavy (non-hydrogen) atoms. The van der Waals surface area contributed by atoms with Gasteiger partial charge in [-0.3, -0.25) is 0 Å². The summed E-state index contributed by atoms with van der Waals surface area (Å²) in [5.41, 5.74) is 5.57. The molecule has 0 spiro atoms. The lowest BCUT2D eigenvalue weighted by molar-refractivity contribution is -0.131. The molecule has 4 heteroatoms. The molecule has 3 nitrogen and oxygen atoms in total. The SMILES string of the molecule is O=C(O)/C=C/c1cc(-c2ccc(OCc3ccccc3)c(C34CC5CC(CC(C5)C3)C4)c2)ccc1Cl. The van der Waals surface area contributed by atoms with Gasteiger partial charge in [0, 0.05) is 16.7 Å². The van der Waals surface area contributed by atoms with Crippen LogP contribution in [0.4, 0.5) is 0 Å². The smallest absolute Gasteiger partial charge is 0.328 e. The number of aliphatic carboxylic acids is 1. The van der Waals surface area contributed by atoms with Crippen LogP contribution in [0.1, 0.15) is 55.2 Å². The number of benzene rings is 3. The number of rotatable bonds is 7. The van der Waals surface area contributed by atoms with Crippen molar-refractivity contribution in [1.29, 1.82) is 0 Å². The largest absolute Gasteiger partial charge is 0.489 e. The Balaban J connectivity index is 1.40. The standard InChI is InChI=1S/C32H31ClO3/c33-29-9-6-25(15-27(29)8-11-31(34)35)26-7-10-30(36-20-21-4-2-1-3-5-21)28(16-26)32-17-22-12-23(18-32)14-24(13-22)19-32/h1-11,15-16,22-24H,12-14,17-20H2,(H,34,35)/b11-8+. The van der Waals surface area contributed by atoms with Crippen LogP contribution in [0.5, 0.6) is 5.75 Å². The second kappa shape index (κ2) is 9.44. The van der Waals surface area contributed by atoms with E-state index in [0.717, 1.165) is 40.7 Å². The molecule has 4 fully saturated rings. The van der Waals surface area contributed by atoms with Crippen molar-refractivity contribution in [3.63, 3.8) is 0 Å². The van der Waals surface area contributed by atoms with Crippen molar-refractivity contribution in [2.45, 2.75) is 50.5 Å². The van der Waals surface area contributed by atoms with E-state index in [0.29, 0.717) is 17.2 Å². The summed E-state index contributed by atoms with van der Waals surface area (Å²) in [4.78, 5) is 11.0. The summed E-state index contributed by atoms with van der Waals surface area (Å²) in [5.74, 6) is 2.53. The van der Waals surface area contributed by atoms with E-state index in [2.05, 4.69) is 42.5 Å². The van der Waals surface area contributed by atoms with Crippen LogP contribution >= 0.6 is 11.6 Å². The molecule has 0 heterocycles. The summed E-state index contributed by atoms with van der Waals surface area (Å²) in [6.07, 6.45) is 10.7. The van der Waals surface area contributed by atoms with Gasteiger partial charge in [0.25, 0.3) is 0 Å². The summed E-state index contributed by atoms with van der Waals surface area (Å²) in [5, 5.41) is 9.60. The summed E-state index contributed by atoms with van der Waals surface area (Å²) in [6, 6.07) is 22.8. The van der Waals surface area contributed by atoms with E-state index in [9.17, 15) is 4.79 Å². The normalized spacial score (nSPS) is 26.4. The molecular weight excluding hydrogens is 468 g/mol. The molecule has 4 aliphatic carbocycles. The van der Waals surface area contributed by atoms with Crippen LogP contribution in [0.15, 0.2) is 72.8 Å². The van der Waals surface area contributed by atoms with E-state index in [1.807, 2.05) is 24.3 Å². The van der Waals surface area contributed by atoms with Crippen molar-refractivity contribution in [3.8, 4) is 16.9 Å². The molecule has 0 aliphatic heterocycles. The minimum atomic E-state index is -0.986. The fourth-order valence-corrected chi connectivity index (χ4v) is 7.62. The molecule has 4 saturated carbocycles. The molecule has 0 amide bonds. The zero-order chi connectivity index (χ0) is 24.7. The van der Waals surface area contributed by atoms with Crippen LogP contribution in [0.3, 0.4) is 0 Å². The first-order valence-corrected chi connectivity index (χ1v) is 13.4. The van der Waals surface area contributed by atoms with Crippen molar-refractivity contribution in [2.24, 2.45) is 17.8 Å². The van der Waals surface area contributed by atoms with Gasteiger partial charge in [0.2, 0.25) is 0 Å². The lowest BCUT2D eigenvalue weighted by Gasteiger charge is -2.57. The molecule has 184 valence electrons. The van der Waals surface area contributed by atoms with Gasteiger partial charge in [-0.2, -0.15) is 0 Å². The maximum Gasteiger partial charge on any atom is 0.328 e. The predicted molar refractivity (Wildman–Crippen MR) is 144 cm³/mol. The number of hydrogen-bond acceptors (Lipinski definition) is 2. The van der Waals surface area contributed by atoms with Gasteiger partial charge in [0.05, 0.1) is 0 Å². The number of carbonyl (C=O) groups is 1. The van der Waals surface area contributed by atoms with Gasteiger partial charge >= 0.3 is 5.97 Å². The van der Waals surface area contributed by atoms with Crippen LogP contribution in [0.2, 0.25) is 5.02 Å². The quantitative estimate of drug-likeness (QED) is 0.334. The molecule has 7 rings (SSSR count). The lowest BCUT2D eigenvalue weighted by Crippen LogP contribution is -2.48. The van der Waals surface area contributed by atoms with E-state index >= 15 is 0 Å². The van der Waals surface area contributed by atoms with E-state index in [1.165, 1.54) is 49.7 Å². The maximum atomic E-state index is 11.0. The molecule has 4 aliphatic rings. The summed E-state index contributed by atoms with van der Waals surface area (Å²) >= 11 is 6.37. The molecular formula is C32H31ClO3. The fourth-order valence-electron chi connectivity index (χ4n) is 7.44. The number of carboxylic acids is 1. The Morgan fingerprint density at radius 3 is 2.22 bits per heavy atom. The second-order valence-electron chi connectivity index (χ2n) is 11.1. The highest BCUT2D eigenvalue weighted by molar-refractivity contribution is 6.32. The molecule has 3 aromatic carbocycles. The van der Waals surface area contributed by atoms with Crippen LogP contribution < -0.4 is 4.74 Å². The van der Waals surface area contributed by atoms with Gasteiger partial charge in [0.1, 0.15) is 12.4 Å². The first-order chi connectivity index (χ1) is 17.5. The van der Waals surface area contributed by atoms with Gasteiger partial charge in [-0.1, -0.05) is 54.1 Å². The molecule has 3 aromatic rings. The monoisotopic (exact) mass is 498 g/mol. The van der Waals surface area contributed by atoms with E-state index < -0.39 is 5.97 Å². The van der Waals surface area contributed by atoms with Crippen molar-refractivity contribution < 1.29 is 14.6 Å². The van der Waals surface area contributed by atoms with Gasteiger partial charge in [-0.05, 0) is 114 Å². The third kappa shape index (κ3) is 4.57. The highest BCUT2D eigenvalue weighted by Gasteiger charge is 2.52. The number of carboxylic acid groups (broad SMARTS) is 1. The van der Waals surface area contributed by atoms with E-state index in [1.54, 1.807) is 6.08 Å². The third-order valence-electron chi connectivity index (χ3n) is 8.56. The molecule has 0 saturated heterocycles. The Labute approximate surface area is 217 Å². The molecule has 0 radical (unpaired) electrons. The van der Waals surface area contributed by atoms with Gasteiger partial charge in [0.15, 0.2) is 0 Å². The average Bonchev–Trinajstić information content (AvgIpc) is 2.87. The highest BCUT2D eigenvalue weighted by atomic mass is 35.5. The Bertz CT molecular complexity index is 1270. The first-order valence-electron chi connectivity index (χ1n) is 13.0. The molecule has 1 N–H and O–H groups in total. The number of ether oxygens (including phenoxy) is 1. The summed E-state index contributed by atoms with van der Waals surface area (Å²) in [7, 11) is 0. The van der Waals surface area contributed by atoms with Crippen molar-refractivity contribution in [3.05, 3.63) is 94.5 Å². The van der Waals surface area contributed by atoms with Gasteiger partial charge in [-0.15, -0.1) is 0 Å². The topological polar surface area (TPSA) is 46.5 Å². The van der Waals surface area contributed by atoms with Crippen molar-refractivity contribution in [2.75, 3.05) is 0 Å². The van der Waals surface area contributed by atoms with Gasteiger partial charge < -0.3 is 9.84 Å². The summed E-state index contributed by atoms with van der Waals surface area (Å²) in [6.45, 7) is 0.560. The molecule has 0 aromatic heterocycles. The van der Waals surface area contributed by atoms with Crippen LogP contribution in [0.25, 0.3) is 17.2 Å². The number of hydrogen-bond donors (Lipinski definition) is 1. The third-order valence-corrected chi connectivity index (χ3v) is 8.91. The second-order valence-corrected chi connectivity index (χ2v) is 11.5. The minimum absolute atomic E-state index is 0.190. The molecule has 4 bridgehead atoms. The Morgan fingerprint density at radius 2 is 1.56 bits per heavy atom. The van der Waals surface area contributed by atoms with Crippen LogP contribution in [-0.2, 0) is 16.8 Å². The highest BCUT2D eigenvalue weighted by Crippen LogP contribution is 2.62. The Hall–Kier alpha value is -3.04. The van der Waals surface area contributed by atoms with E-state index in [-0.39, 0.29) is 5.41 Å². The minimum Gasteiger partial charge on any atom is -0.489 e. The Morgan fingerprint density at radius 1 is 0.917 bits per heavy atom. The van der Waals surface area contributed by atoms with Gasteiger partial charge in [-0.25, -0.2) is 4.79 Å². The predicted octanol–water partition coefficient (Wildman–Crippen LogP) is 8.15. The van der Waals surface area contributed by atoms with Crippen molar-refractivity contribution >= 4 is 23.6 Å². The van der Waals surface area contributed by atoms with E-state index in [4.69, 9.17) is 21.4 Å². The molecule has 0 atom stereocenters. The first kappa shape index (κ1) is 23.4. The fraction of sp³-hybridized carbons (Fsp3) is 0.344. The number of halogens is 1. The Kier molecular flexibility index (Phi) is 6.13. The maximum absolute atomic E-state index is 11.0. The zero-order valence-corrected chi connectivity index (χ0v) is 21.1. The zero-order valence-electron chi connectivity index (χ0n) is 20.3. The average molecular weight is 499 g/mol. The van der Waals surface area contributed by atoms with Crippen LogP contribution in [-0.4, -0.2) is 11.1 Å².